The summed E-state index contributed by atoms with van der Waals surface area (Å²) in [5, 5.41) is 0. The van der Waals surface area contributed by atoms with E-state index >= 15 is 0 Å². The number of aromatic nitrogens is 2. The number of pyridine rings is 1. The maximum absolute atomic E-state index is 12.8. The van der Waals surface area contributed by atoms with Gasteiger partial charge in [0.15, 0.2) is 11.6 Å². The van der Waals surface area contributed by atoms with E-state index in [4.69, 9.17) is 4.98 Å². The summed E-state index contributed by atoms with van der Waals surface area (Å²) in [6.07, 6.45) is 25.6. The lowest BCUT2D eigenvalue weighted by Crippen LogP contribution is -2.19. The van der Waals surface area contributed by atoms with Crippen molar-refractivity contribution in [1.29, 1.82) is 0 Å². The van der Waals surface area contributed by atoms with Crippen LogP contribution in [0.15, 0.2) is 72.1 Å². The second kappa shape index (κ2) is 10.1. The summed E-state index contributed by atoms with van der Waals surface area (Å²) < 4.78 is 2.09. The van der Waals surface area contributed by atoms with Crippen LogP contribution in [-0.4, -0.2) is 21.0 Å². The normalized spacial score (nSPS) is 21.3. The fourth-order valence-corrected chi connectivity index (χ4v) is 5.77. The first-order valence-corrected chi connectivity index (χ1v) is 12.9. The van der Waals surface area contributed by atoms with Crippen molar-refractivity contribution in [3.63, 3.8) is 0 Å². The molecular formula is C30H34N2O2. The van der Waals surface area contributed by atoms with Crippen LogP contribution in [0.25, 0.3) is 5.65 Å². The van der Waals surface area contributed by atoms with E-state index in [-0.39, 0.29) is 17.5 Å². The van der Waals surface area contributed by atoms with Crippen LogP contribution in [0, 0.1) is 17.8 Å². The number of carbonyl (C=O) groups is 2. The molecule has 0 bridgehead atoms. The van der Waals surface area contributed by atoms with Crippen LogP contribution in [0.2, 0.25) is 0 Å². The molecule has 3 aliphatic carbocycles. The van der Waals surface area contributed by atoms with Gasteiger partial charge in [-0.05, 0) is 60.5 Å². The molecule has 176 valence electrons. The van der Waals surface area contributed by atoms with Gasteiger partial charge in [0.25, 0.3) is 0 Å². The molecule has 3 aliphatic rings. The molecule has 2 aromatic heterocycles. The highest BCUT2D eigenvalue weighted by Crippen LogP contribution is 2.30. The van der Waals surface area contributed by atoms with E-state index in [9.17, 15) is 9.59 Å². The summed E-state index contributed by atoms with van der Waals surface area (Å²) in [6.45, 7) is 2.38. The zero-order valence-corrected chi connectivity index (χ0v) is 20.1. The minimum absolute atomic E-state index is 0.00321. The number of nitrogens with zero attached hydrogens (tertiary/aromatic N) is 2. The maximum atomic E-state index is 12.8. The lowest BCUT2D eigenvalue weighted by molar-refractivity contribution is -0.118. The number of fused-ring (bicyclic) bond motifs is 2. The second-order valence-corrected chi connectivity index (χ2v) is 10.4. The van der Waals surface area contributed by atoms with Gasteiger partial charge in [-0.1, -0.05) is 69.4 Å². The van der Waals surface area contributed by atoms with Gasteiger partial charge in [-0.3, -0.25) is 9.59 Å². The predicted molar refractivity (Wildman–Crippen MR) is 136 cm³/mol. The number of hydrogen-bond acceptors (Lipinski definition) is 3. The van der Waals surface area contributed by atoms with Crippen LogP contribution in [0.3, 0.4) is 0 Å². The Labute approximate surface area is 202 Å². The van der Waals surface area contributed by atoms with Gasteiger partial charge in [-0.25, -0.2) is 4.98 Å². The highest BCUT2D eigenvalue weighted by Gasteiger charge is 2.25. The number of Topliss-reactive ketones (excluding diaryl/α,β-unsaturated/α-hetero) is 1. The smallest absolute Gasteiger partial charge is 0.167 e. The van der Waals surface area contributed by atoms with Crippen molar-refractivity contribution in [2.24, 2.45) is 17.8 Å². The first-order valence-electron chi connectivity index (χ1n) is 12.9. The number of imidazole rings is 1. The standard InChI is InChI=1S/C30H34N2O2/c1-21(15-22-7-3-2-4-8-22)16-23-11-14-30-31-26(20-32(30)19-23)12-13-28(33)25-17-24-9-5-6-10-27(24)29(34)18-25/h5-6,9-11,14,17-22,27H,2-4,7-8,12-13,15-16H2,1H3. The molecular weight excluding hydrogens is 420 g/mol. The fourth-order valence-electron chi connectivity index (χ4n) is 5.77. The van der Waals surface area contributed by atoms with Gasteiger partial charge >= 0.3 is 0 Å². The number of hydrogen-bond donors (Lipinski definition) is 0. The highest BCUT2D eigenvalue weighted by molar-refractivity contribution is 6.09. The Kier molecular flexibility index (Phi) is 6.75. The summed E-state index contributed by atoms with van der Waals surface area (Å²) in [5.74, 6) is 1.35. The van der Waals surface area contributed by atoms with Crippen LogP contribution in [0.4, 0.5) is 0 Å². The van der Waals surface area contributed by atoms with Crippen molar-refractivity contribution < 1.29 is 9.59 Å². The molecule has 0 spiro atoms. The van der Waals surface area contributed by atoms with E-state index in [0.717, 1.165) is 29.3 Å². The van der Waals surface area contributed by atoms with E-state index in [2.05, 4.69) is 29.7 Å². The zero-order chi connectivity index (χ0) is 23.5. The number of rotatable bonds is 8. The SMILES string of the molecule is CC(Cc1ccc2nc(CCC(=O)C3=CC(=O)C4C=CC=CC4=C3)cn2c1)CC1CCCCC1. The first kappa shape index (κ1) is 22.8. The Morgan fingerprint density at radius 1 is 1.12 bits per heavy atom. The zero-order valence-electron chi connectivity index (χ0n) is 20.1. The molecule has 0 amide bonds. The van der Waals surface area contributed by atoms with Crippen LogP contribution in [0.5, 0.6) is 0 Å². The molecule has 2 unspecified atom stereocenters. The van der Waals surface area contributed by atoms with Crippen LogP contribution < -0.4 is 0 Å². The summed E-state index contributed by atoms with van der Waals surface area (Å²) >= 11 is 0. The third-order valence-electron chi connectivity index (χ3n) is 7.53. The second-order valence-electron chi connectivity index (χ2n) is 10.4. The van der Waals surface area contributed by atoms with Crippen molar-refractivity contribution in [2.45, 2.75) is 64.7 Å². The Bertz CT molecular complexity index is 1200. The minimum atomic E-state index is -0.237. The minimum Gasteiger partial charge on any atom is -0.307 e. The van der Waals surface area contributed by atoms with E-state index in [0.29, 0.717) is 24.3 Å². The monoisotopic (exact) mass is 454 g/mol. The molecule has 2 aromatic rings. The summed E-state index contributed by atoms with van der Waals surface area (Å²) in [6, 6.07) is 4.28. The number of carbonyl (C=O) groups excluding carboxylic acids is 2. The topological polar surface area (TPSA) is 51.4 Å². The van der Waals surface area contributed by atoms with Crippen molar-refractivity contribution in [1.82, 2.24) is 9.38 Å². The molecule has 4 heteroatoms. The van der Waals surface area contributed by atoms with Crippen molar-refractivity contribution in [2.75, 3.05) is 0 Å². The third kappa shape index (κ3) is 5.22. The van der Waals surface area contributed by atoms with Crippen molar-refractivity contribution >= 4 is 17.2 Å². The molecule has 0 aromatic carbocycles. The first-order chi connectivity index (χ1) is 16.5. The van der Waals surface area contributed by atoms with Gasteiger partial charge in [0.2, 0.25) is 0 Å². The molecule has 34 heavy (non-hydrogen) atoms. The van der Waals surface area contributed by atoms with Crippen LogP contribution in [-0.2, 0) is 22.4 Å². The van der Waals surface area contributed by atoms with E-state index in [1.807, 2.05) is 36.6 Å². The molecule has 0 radical (unpaired) electrons. The van der Waals surface area contributed by atoms with Crippen molar-refractivity contribution in [3.8, 4) is 0 Å². The molecule has 0 saturated heterocycles. The van der Waals surface area contributed by atoms with Gasteiger partial charge in [0, 0.05) is 24.4 Å². The van der Waals surface area contributed by atoms with Gasteiger partial charge in [0.05, 0.1) is 11.6 Å². The quantitative estimate of drug-likeness (QED) is 0.480. The maximum Gasteiger partial charge on any atom is 0.167 e. The fraction of sp³-hybridized carbons (Fsp3) is 0.433. The molecule has 2 atom stereocenters. The van der Waals surface area contributed by atoms with E-state index < -0.39 is 0 Å². The van der Waals surface area contributed by atoms with Gasteiger partial charge < -0.3 is 4.40 Å². The number of aryl methyl sites for hydroxylation is 1. The molecule has 0 aliphatic heterocycles. The Hall–Kier alpha value is -3.01. The lowest BCUT2D eigenvalue weighted by Gasteiger charge is -2.24. The summed E-state index contributed by atoms with van der Waals surface area (Å²) in [7, 11) is 0. The summed E-state index contributed by atoms with van der Waals surface area (Å²) in [5.41, 5.74) is 4.58. The van der Waals surface area contributed by atoms with E-state index in [1.165, 1.54) is 50.2 Å². The number of allylic oxidation sites excluding steroid dienone is 8. The van der Waals surface area contributed by atoms with Gasteiger partial charge in [-0.15, -0.1) is 0 Å². The lowest BCUT2D eigenvalue weighted by atomic mass is 9.82. The molecule has 1 saturated carbocycles. The summed E-state index contributed by atoms with van der Waals surface area (Å²) in [4.78, 5) is 29.9. The molecule has 1 fully saturated rings. The Balaban J connectivity index is 1.19. The largest absolute Gasteiger partial charge is 0.307 e. The molecule has 0 N–H and O–H groups in total. The Morgan fingerprint density at radius 3 is 2.82 bits per heavy atom. The molecule has 5 rings (SSSR count). The number of ketones is 2. The van der Waals surface area contributed by atoms with Gasteiger partial charge in [-0.2, -0.15) is 0 Å². The third-order valence-corrected chi connectivity index (χ3v) is 7.53. The van der Waals surface area contributed by atoms with Gasteiger partial charge in [0.1, 0.15) is 5.65 Å². The molecule has 2 heterocycles. The van der Waals surface area contributed by atoms with Crippen molar-refractivity contribution in [3.05, 3.63) is 83.4 Å². The van der Waals surface area contributed by atoms with Crippen LogP contribution >= 0.6 is 0 Å². The van der Waals surface area contributed by atoms with E-state index in [1.54, 1.807) is 0 Å². The highest BCUT2D eigenvalue weighted by atomic mass is 16.1. The Morgan fingerprint density at radius 2 is 1.97 bits per heavy atom. The predicted octanol–water partition coefficient (Wildman–Crippen LogP) is 6.16. The van der Waals surface area contributed by atoms with Crippen LogP contribution in [0.1, 0.15) is 63.1 Å². The average molecular weight is 455 g/mol. The molecule has 4 nitrogen and oxygen atoms in total. The average Bonchev–Trinajstić information content (AvgIpc) is 3.25.